The Kier molecular flexibility index (Phi) is 3.30. The van der Waals surface area contributed by atoms with E-state index in [0.29, 0.717) is 13.2 Å². The van der Waals surface area contributed by atoms with E-state index in [1.807, 2.05) is 6.20 Å². The second kappa shape index (κ2) is 4.69. The third-order valence-electron chi connectivity index (χ3n) is 2.29. The van der Waals surface area contributed by atoms with Crippen LogP contribution in [0.25, 0.3) is 0 Å². The van der Waals surface area contributed by atoms with Crippen molar-refractivity contribution in [1.29, 1.82) is 0 Å². The Morgan fingerprint density at radius 2 is 2.67 bits per heavy atom. The summed E-state index contributed by atoms with van der Waals surface area (Å²) in [5.41, 5.74) is 1.78. The average molecular weight is 228 g/mol. The lowest BCUT2D eigenvalue weighted by atomic mass is 10.2. The molecule has 1 saturated heterocycles. The van der Waals surface area contributed by atoms with Crippen LogP contribution in [0.3, 0.4) is 0 Å². The van der Waals surface area contributed by atoms with E-state index >= 15 is 0 Å². The number of nitrogens with zero attached hydrogens (tertiary/aromatic N) is 2. The van der Waals surface area contributed by atoms with Crippen molar-refractivity contribution in [3.05, 3.63) is 16.6 Å². The summed E-state index contributed by atoms with van der Waals surface area (Å²) in [4.78, 5) is 18.0. The summed E-state index contributed by atoms with van der Waals surface area (Å²) in [5.74, 6) is -0.885. The van der Waals surface area contributed by atoms with Crippen LogP contribution in [0.2, 0.25) is 0 Å². The van der Waals surface area contributed by atoms with Crippen LogP contribution in [-0.4, -0.2) is 46.8 Å². The van der Waals surface area contributed by atoms with E-state index in [9.17, 15) is 4.79 Å². The van der Waals surface area contributed by atoms with Crippen LogP contribution in [-0.2, 0) is 16.1 Å². The van der Waals surface area contributed by atoms with Gasteiger partial charge in [-0.1, -0.05) is 0 Å². The maximum absolute atomic E-state index is 10.7. The number of ether oxygens (including phenoxy) is 1. The molecule has 1 aromatic rings. The summed E-state index contributed by atoms with van der Waals surface area (Å²) in [6.45, 7) is 2.47. The Hall–Kier alpha value is -0.980. The van der Waals surface area contributed by atoms with Gasteiger partial charge in [0, 0.05) is 30.7 Å². The lowest BCUT2D eigenvalue weighted by Gasteiger charge is -2.30. The van der Waals surface area contributed by atoms with Crippen molar-refractivity contribution in [3.8, 4) is 0 Å². The molecule has 0 aromatic carbocycles. The van der Waals surface area contributed by atoms with Crippen molar-refractivity contribution in [1.82, 2.24) is 9.88 Å². The highest BCUT2D eigenvalue weighted by atomic mass is 32.1. The van der Waals surface area contributed by atoms with E-state index < -0.39 is 12.1 Å². The molecule has 2 heterocycles. The third-order valence-corrected chi connectivity index (χ3v) is 3.05. The number of hydrogen-bond donors (Lipinski definition) is 1. The SMILES string of the molecule is O=C(O)C1CN(Cc2cncs2)CCO1. The first-order chi connectivity index (χ1) is 7.25. The van der Waals surface area contributed by atoms with Crippen LogP contribution < -0.4 is 0 Å². The first-order valence-corrected chi connectivity index (χ1v) is 5.58. The number of carboxylic acid groups (broad SMARTS) is 1. The molecule has 1 atom stereocenters. The molecular weight excluding hydrogens is 216 g/mol. The molecule has 1 N–H and O–H groups in total. The van der Waals surface area contributed by atoms with Gasteiger partial charge in [-0.05, 0) is 0 Å². The number of aliphatic carboxylic acids is 1. The fourth-order valence-corrected chi connectivity index (χ4v) is 2.17. The molecule has 0 saturated carbocycles. The smallest absolute Gasteiger partial charge is 0.334 e. The predicted molar refractivity (Wildman–Crippen MR) is 54.8 cm³/mol. The molecule has 0 radical (unpaired) electrons. The first kappa shape index (κ1) is 10.5. The summed E-state index contributed by atoms with van der Waals surface area (Å²) < 4.78 is 5.14. The van der Waals surface area contributed by atoms with Crippen LogP contribution in [0.4, 0.5) is 0 Å². The van der Waals surface area contributed by atoms with Gasteiger partial charge in [0.05, 0.1) is 12.1 Å². The molecule has 1 unspecified atom stereocenters. The van der Waals surface area contributed by atoms with Gasteiger partial charge < -0.3 is 9.84 Å². The van der Waals surface area contributed by atoms with Gasteiger partial charge >= 0.3 is 5.97 Å². The zero-order chi connectivity index (χ0) is 10.7. The van der Waals surface area contributed by atoms with Crippen molar-refractivity contribution in [3.63, 3.8) is 0 Å². The highest BCUT2D eigenvalue weighted by Crippen LogP contribution is 2.13. The largest absolute Gasteiger partial charge is 0.479 e. The molecular formula is C9H12N2O3S. The fraction of sp³-hybridized carbons (Fsp3) is 0.556. The standard InChI is InChI=1S/C9H12N2O3S/c12-9(13)8-5-11(1-2-14-8)4-7-3-10-6-15-7/h3,6,8H,1-2,4-5H2,(H,12,13). The minimum absolute atomic E-state index is 0.452. The molecule has 2 rings (SSSR count). The van der Waals surface area contributed by atoms with E-state index in [4.69, 9.17) is 9.84 Å². The molecule has 0 amide bonds. The summed E-state index contributed by atoms with van der Waals surface area (Å²) in [7, 11) is 0. The molecule has 82 valence electrons. The van der Waals surface area contributed by atoms with E-state index in [1.54, 1.807) is 16.8 Å². The van der Waals surface area contributed by atoms with Crippen molar-refractivity contribution >= 4 is 17.3 Å². The van der Waals surface area contributed by atoms with Gasteiger partial charge in [0.1, 0.15) is 0 Å². The molecule has 1 aromatic heterocycles. The lowest BCUT2D eigenvalue weighted by molar-refractivity contribution is -0.156. The van der Waals surface area contributed by atoms with E-state index in [0.717, 1.165) is 18.0 Å². The molecule has 0 bridgehead atoms. The quantitative estimate of drug-likeness (QED) is 0.812. The molecule has 6 heteroatoms. The average Bonchev–Trinajstić information content (AvgIpc) is 2.71. The molecule has 15 heavy (non-hydrogen) atoms. The summed E-state index contributed by atoms with van der Waals surface area (Å²) in [6, 6.07) is 0. The molecule has 1 aliphatic rings. The predicted octanol–water partition coefficient (Wildman–Crippen LogP) is 0.428. The Balaban J connectivity index is 1.90. The first-order valence-electron chi connectivity index (χ1n) is 4.70. The minimum Gasteiger partial charge on any atom is -0.479 e. The molecule has 5 nitrogen and oxygen atoms in total. The van der Waals surface area contributed by atoms with E-state index in [2.05, 4.69) is 9.88 Å². The third kappa shape index (κ3) is 2.74. The molecule has 1 aliphatic heterocycles. The molecule has 0 spiro atoms. The summed E-state index contributed by atoms with van der Waals surface area (Å²) in [6.07, 6.45) is 1.13. The van der Waals surface area contributed by atoms with Crippen LogP contribution in [0.1, 0.15) is 4.88 Å². The maximum atomic E-state index is 10.7. The second-order valence-electron chi connectivity index (χ2n) is 3.40. The van der Waals surface area contributed by atoms with Gasteiger partial charge in [-0.15, -0.1) is 11.3 Å². The van der Waals surface area contributed by atoms with Crippen LogP contribution in [0.5, 0.6) is 0 Å². The number of hydrogen-bond acceptors (Lipinski definition) is 5. The van der Waals surface area contributed by atoms with E-state index in [1.165, 1.54) is 0 Å². The number of thiazole rings is 1. The topological polar surface area (TPSA) is 62.7 Å². The maximum Gasteiger partial charge on any atom is 0.334 e. The van der Waals surface area contributed by atoms with Crippen molar-refractivity contribution < 1.29 is 14.6 Å². The van der Waals surface area contributed by atoms with Gasteiger partial charge in [0.2, 0.25) is 0 Å². The summed E-state index contributed by atoms with van der Waals surface area (Å²) >= 11 is 1.59. The monoisotopic (exact) mass is 228 g/mol. The van der Waals surface area contributed by atoms with Gasteiger partial charge in [-0.3, -0.25) is 9.88 Å². The van der Waals surface area contributed by atoms with Crippen LogP contribution >= 0.6 is 11.3 Å². The number of morpholine rings is 1. The zero-order valence-corrected chi connectivity index (χ0v) is 8.94. The van der Waals surface area contributed by atoms with Crippen molar-refractivity contribution in [2.75, 3.05) is 19.7 Å². The Morgan fingerprint density at radius 1 is 1.80 bits per heavy atom. The van der Waals surface area contributed by atoms with Gasteiger partial charge in [0.25, 0.3) is 0 Å². The highest BCUT2D eigenvalue weighted by Gasteiger charge is 2.26. The number of carboxylic acids is 1. The second-order valence-corrected chi connectivity index (χ2v) is 4.37. The van der Waals surface area contributed by atoms with Crippen LogP contribution in [0, 0.1) is 0 Å². The lowest BCUT2D eigenvalue weighted by Crippen LogP contribution is -2.45. The van der Waals surface area contributed by atoms with Gasteiger partial charge in [-0.2, -0.15) is 0 Å². The molecule has 1 fully saturated rings. The van der Waals surface area contributed by atoms with E-state index in [-0.39, 0.29) is 0 Å². The number of carbonyl (C=O) groups is 1. The van der Waals surface area contributed by atoms with Crippen molar-refractivity contribution in [2.24, 2.45) is 0 Å². The number of rotatable bonds is 3. The van der Waals surface area contributed by atoms with Crippen molar-refractivity contribution in [2.45, 2.75) is 12.6 Å². The zero-order valence-electron chi connectivity index (χ0n) is 8.13. The fourth-order valence-electron chi connectivity index (χ4n) is 1.54. The minimum atomic E-state index is -0.885. The highest BCUT2D eigenvalue weighted by molar-refractivity contribution is 7.09. The van der Waals surface area contributed by atoms with Gasteiger partial charge in [-0.25, -0.2) is 4.79 Å². The normalized spacial score (nSPS) is 22.8. The Morgan fingerprint density at radius 3 is 3.33 bits per heavy atom. The summed E-state index contributed by atoms with van der Waals surface area (Å²) in [5, 5.41) is 8.82. The Labute approximate surface area is 91.3 Å². The Bertz CT molecular complexity index is 328. The molecule has 0 aliphatic carbocycles. The number of aromatic nitrogens is 1. The van der Waals surface area contributed by atoms with Gasteiger partial charge in [0.15, 0.2) is 6.10 Å². The van der Waals surface area contributed by atoms with Crippen LogP contribution in [0.15, 0.2) is 11.7 Å².